The van der Waals surface area contributed by atoms with Crippen LogP contribution in [0, 0.1) is 5.92 Å². The molecule has 1 amide bonds. The van der Waals surface area contributed by atoms with Gasteiger partial charge in [0.2, 0.25) is 0 Å². The fourth-order valence-corrected chi connectivity index (χ4v) is 2.87. The van der Waals surface area contributed by atoms with Crippen LogP contribution in [0.2, 0.25) is 0 Å². The highest BCUT2D eigenvalue weighted by molar-refractivity contribution is 5.92. The average Bonchev–Trinajstić information content (AvgIpc) is 2.95. The molecule has 1 aromatic rings. The zero-order valence-electron chi connectivity index (χ0n) is 13.9. The highest BCUT2D eigenvalue weighted by Crippen LogP contribution is 2.20. The van der Waals surface area contributed by atoms with E-state index in [-0.39, 0.29) is 5.91 Å². The first-order chi connectivity index (χ1) is 10.6. The van der Waals surface area contributed by atoms with Gasteiger partial charge in [-0.1, -0.05) is 33.1 Å². The first kappa shape index (κ1) is 17.0. The molecule has 5 heteroatoms. The van der Waals surface area contributed by atoms with Gasteiger partial charge in [-0.15, -0.1) is 0 Å². The van der Waals surface area contributed by atoms with Gasteiger partial charge in [0.25, 0.3) is 5.91 Å². The molecule has 1 aromatic heterocycles. The number of aromatic amines is 1. The summed E-state index contributed by atoms with van der Waals surface area (Å²) >= 11 is 0. The van der Waals surface area contributed by atoms with Crippen LogP contribution in [0.1, 0.15) is 68.6 Å². The van der Waals surface area contributed by atoms with Crippen LogP contribution in [-0.2, 0) is 11.2 Å². The second-order valence-corrected chi connectivity index (χ2v) is 6.62. The van der Waals surface area contributed by atoms with Crippen molar-refractivity contribution in [1.82, 2.24) is 15.5 Å². The molecule has 124 valence electrons. The number of rotatable bonds is 8. The second kappa shape index (κ2) is 8.93. The molecule has 0 radical (unpaired) electrons. The lowest BCUT2D eigenvalue weighted by Crippen LogP contribution is -2.26. The third-order valence-corrected chi connectivity index (χ3v) is 4.00. The van der Waals surface area contributed by atoms with Gasteiger partial charge in [0, 0.05) is 18.8 Å². The molecule has 5 nitrogen and oxygen atoms in total. The molecule has 0 unspecified atom stereocenters. The van der Waals surface area contributed by atoms with E-state index >= 15 is 0 Å². The molecule has 0 saturated heterocycles. The van der Waals surface area contributed by atoms with Gasteiger partial charge in [-0.05, 0) is 37.7 Å². The van der Waals surface area contributed by atoms with Crippen LogP contribution >= 0.6 is 0 Å². The average molecular weight is 307 g/mol. The van der Waals surface area contributed by atoms with E-state index in [1.54, 1.807) is 0 Å². The number of hydrogen-bond donors (Lipinski definition) is 2. The predicted octanol–water partition coefficient (Wildman–Crippen LogP) is 3.08. The summed E-state index contributed by atoms with van der Waals surface area (Å²) in [5.74, 6) is 0.442. The number of H-pyrrole nitrogens is 1. The standard InChI is InChI=1S/C17H29N3O2/c1-13(2)11-14-12-16(20-19-14)17(21)18-9-6-10-22-15-7-4-3-5-8-15/h12-13,15H,3-11H2,1-2H3,(H,18,21)(H,19,20). The normalized spacial score (nSPS) is 16.1. The maximum absolute atomic E-state index is 12.0. The third kappa shape index (κ3) is 5.79. The topological polar surface area (TPSA) is 67.0 Å². The SMILES string of the molecule is CC(C)Cc1cc(C(=O)NCCCOC2CCCCC2)n[nH]1. The van der Waals surface area contributed by atoms with Gasteiger partial charge in [-0.3, -0.25) is 9.89 Å². The summed E-state index contributed by atoms with van der Waals surface area (Å²) in [5.41, 5.74) is 1.49. The molecular formula is C17H29N3O2. The Labute approximate surface area is 133 Å². The highest BCUT2D eigenvalue weighted by Gasteiger charge is 2.13. The number of amides is 1. The van der Waals surface area contributed by atoms with Crippen molar-refractivity contribution >= 4 is 5.91 Å². The minimum absolute atomic E-state index is 0.107. The Kier molecular flexibility index (Phi) is 6.90. The van der Waals surface area contributed by atoms with Crippen LogP contribution in [0.3, 0.4) is 0 Å². The second-order valence-electron chi connectivity index (χ2n) is 6.62. The largest absolute Gasteiger partial charge is 0.378 e. The van der Waals surface area contributed by atoms with Gasteiger partial charge >= 0.3 is 0 Å². The highest BCUT2D eigenvalue weighted by atomic mass is 16.5. The monoisotopic (exact) mass is 307 g/mol. The maximum Gasteiger partial charge on any atom is 0.271 e. The van der Waals surface area contributed by atoms with Gasteiger partial charge in [-0.2, -0.15) is 5.10 Å². The van der Waals surface area contributed by atoms with Gasteiger partial charge in [0.1, 0.15) is 5.69 Å². The lowest BCUT2D eigenvalue weighted by Gasteiger charge is -2.21. The molecule has 2 rings (SSSR count). The Morgan fingerprint density at radius 1 is 1.41 bits per heavy atom. The number of carbonyl (C=O) groups excluding carboxylic acids is 1. The Hall–Kier alpha value is -1.36. The van der Waals surface area contributed by atoms with E-state index in [0.717, 1.165) is 25.1 Å². The molecule has 22 heavy (non-hydrogen) atoms. The Morgan fingerprint density at radius 3 is 2.91 bits per heavy atom. The number of ether oxygens (including phenoxy) is 1. The van der Waals surface area contributed by atoms with E-state index in [1.165, 1.54) is 32.1 Å². The van der Waals surface area contributed by atoms with E-state index in [4.69, 9.17) is 4.74 Å². The zero-order chi connectivity index (χ0) is 15.8. The first-order valence-corrected chi connectivity index (χ1v) is 8.59. The molecule has 0 aliphatic heterocycles. The summed E-state index contributed by atoms with van der Waals surface area (Å²) in [4.78, 5) is 12.0. The minimum Gasteiger partial charge on any atom is -0.378 e. The van der Waals surface area contributed by atoms with E-state index in [1.807, 2.05) is 6.07 Å². The number of hydrogen-bond acceptors (Lipinski definition) is 3. The van der Waals surface area contributed by atoms with Crippen molar-refractivity contribution in [2.45, 2.75) is 64.9 Å². The molecule has 2 N–H and O–H groups in total. The van der Waals surface area contributed by atoms with Crippen molar-refractivity contribution in [2.24, 2.45) is 5.92 Å². The molecule has 1 aliphatic rings. The fraction of sp³-hybridized carbons (Fsp3) is 0.765. The molecule has 0 aromatic carbocycles. The van der Waals surface area contributed by atoms with Crippen molar-refractivity contribution in [3.63, 3.8) is 0 Å². The lowest BCUT2D eigenvalue weighted by molar-refractivity contribution is 0.0273. The number of aromatic nitrogens is 2. The molecule has 1 saturated carbocycles. The summed E-state index contributed by atoms with van der Waals surface area (Å²) in [6.45, 7) is 5.65. The quantitative estimate of drug-likeness (QED) is 0.725. The van der Waals surface area contributed by atoms with Crippen molar-refractivity contribution in [3.05, 3.63) is 17.5 Å². The Bertz CT molecular complexity index is 451. The zero-order valence-corrected chi connectivity index (χ0v) is 13.9. The fourth-order valence-electron chi connectivity index (χ4n) is 2.87. The van der Waals surface area contributed by atoms with Gasteiger partial charge in [0.05, 0.1) is 6.10 Å². The molecular weight excluding hydrogens is 278 g/mol. The van der Waals surface area contributed by atoms with Gasteiger partial charge in [0.15, 0.2) is 0 Å². The summed E-state index contributed by atoms with van der Waals surface area (Å²) in [6.07, 6.45) is 8.52. The number of nitrogens with zero attached hydrogens (tertiary/aromatic N) is 1. The maximum atomic E-state index is 12.0. The molecule has 0 bridgehead atoms. The van der Waals surface area contributed by atoms with E-state index in [2.05, 4.69) is 29.4 Å². The van der Waals surface area contributed by atoms with E-state index in [0.29, 0.717) is 24.3 Å². The van der Waals surface area contributed by atoms with Crippen molar-refractivity contribution < 1.29 is 9.53 Å². The van der Waals surface area contributed by atoms with E-state index in [9.17, 15) is 4.79 Å². The summed E-state index contributed by atoms with van der Waals surface area (Å²) in [7, 11) is 0. The molecule has 1 aliphatic carbocycles. The molecule has 0 atom stereocenters. The van der Waals surface area contributed by atoms with E-state index < -0.39 is 0 Å². The first-order valence-electron chi connectivity index (χ1n) is 8.59. The van der Waals surface area contributed by atoms with Crippen LogP contribution in [-0.4, -0.2) is 35.4 Å². The van der Waals surface area contributed by atoms with Crippen LogP contribution in [0.4, 0.5) is 0 Å². The van der Waals surface area contributed by atoms with Crippen LogP contribution < -0.4 is 5.32 Å². The summed E-state index contributed by atoms with van der Waals surface area (Å²) in [5, 5.41) is 9.90. The number of nitrogens with one attached hydrogen (secondary N) is 2. The third-order valence-electron chi connectivity index (χ3n) is 4.00. The van der Waals surface area contributed by atoms with Crippen LogP contribution in [0.25, 0.3) is 0 Å². The minimum atomic E-state index is -0.107. The predicted molar refractivity (Wildman–Crippen MR) is 86.9 cm³/mol. The molecule has 1 heterocycles. The molecule has 0 spiro atoms. The lowest BCUT2D eigenvalue weighted by atomic mass is 9.98. The van der Waals surface area contributed by atoms with Gasteiger partial charge in [-0.25, -0.2) is 0 Å². The van der Waals surface area contributed by atoms with Crippen molar-refractivity contribution in [1.29, 1.82) is 0 Å². The number of carbonyl (C=O) groups is 1. The Balaban J connectivity index is 1.59. The molecule has 1 fully saturated rings. The van der Waals surface area contributed by atoms with Crippen molar-refractivity contribution in [3.8, 4) is 0 Å². The van der Waals surface area contributed by atoms with Crippen molar-refractivity contribution in [2.75, 3.05) is 13.2 Å². The summed E-state index contributed by atoms with van der Waals surface area (Å²) in [6, 6.07) is 1.84. The Morgan fingerprint density at radius 2 is 2.18 bits per heavy atom. The smallest absolute Gasteiger partial charge is 0.271 e. The summed E-state index contributed by atoms with van der Waals surface area (Å²) < 4.78 is 5.85. The van der Waals surface area contributed by atoms with Gasteiger partial charge < -0.3 is 10.1 Å². The van der Waals surface area contributed by atoms with Crippen LogP contribution in [0.15, 0.2) is 6.07 Å². The van der Waals surface area contributed by atoms with Crippen LogP contribution in [0.5, 0.6) is 0 Å².